The van der Waals surface area contributed by atoms with Gasteiger partial charge in [0.1, 0.15) is 17.5 Å². The van der Waals surface area contributed by atoms with Gasteiger partial charge in [-0.1, -0.05) is 11.6 Å². The molecule has 1 aromatic carbocycles. The Labute approximate surface area is 187 Å². The summed E-state index contributed by atoms with van der Waals surface area (Å²) in [5, 5.41) is 19.7. The highest BCUT2D eigenvalue weighted by molar-refractivity contribution is 9.10. The Kier molecular flexibility index (Phi) is 7.84. The van der Waals surface area contributed by atoms with Gasteiger partial charge in [-0.2, -0.15) is 0 Å². The zero-order valence-corrected chi connectivity index (χ0v) is 19.5. The molecule has 2 aromatic rings. The number of aromatic nitrogens is 1. The van der Waals surface area contributed by atoms with Gasteiger partial charge in [0.05, 0.1) is 15.5 Å². The van der Waals surface area contributed by atoms with Gasteiger partial charge in [-0.05, 0) is 48.8 Å². The number of carbonyl (C=O) groups is 1. The first-order chi connectivity index (χ1) is 14.1. The lowest BCUT2D eigenvalue weighted by Gasteiger charge is -2.36. The van der Waals surface area contributed by atoms with Crippen LogP contribution in [-0.2, 0) is 4.74 Å². The van der Waals surface area contributed by atoms with E-state index in [4.69, 9.17) is 21.4 Å². The first kappa shape index (κ1) is 24.1. The number of nitrogens with zero attached hydrogens (tertiary/aromatic N) is 4. The van der Waals surface area contributed by atoms with E-state index < -0.39 is 10.5 Å². The zero-order chi connectivity index (χ0) is 22.6. The Morgan fingerprint density at radius 2 is 1.87 bits per heavy atom. The number of amides is 1. The van der Waals surface area contributed by atoms with E-state index in [0.717, 1.165) is 7.11 Å². The third-order valence-corrected chi connectivity index (χ3v) is 5.50. The second-order valence-corrected chi connectivity index (χ2v) is 8.75. The summed E-state index contributed by atoms with van der Waals surface area (Å²) < 4.78 is 6.08. The number of carbonyl (C=O) groups excluding carboxylic acids is 1. The number of nitro groups is 1. The van der Waals surface area contributed by atoms with E-state index in [1.807, 2.05) is 25.7 Å². The molecule has 1 N–H and O–H groups in total. The molecule has 0 radical (unpaired) electrons. The van der Waals surface area contributed by atoms with Crippen molar-refractivity contribution >= 4 is 55.9 Å². The fourth-order valence-electron chi connectivity index (χ4n) is 3.07. The number of halogens is 2. The van der Waals surface area contributed by atoms with Gasteiger partial charge in [-0.25, -0.2) is 9.78 Å². The van der Waals surface area contributed by atoms with Gasteiger partial charge >= 0.3 is 11.8 Å². The fraction of sp³-hybridized carbons (Fsp3) is 0.474. The maximum Gasteiger partial charge on any atom is 0.410 e. The van der Waals surface area contributed by atoms with E-state index in [2.05, 4.69) is 20.9 Å². The SMILES string of the molecule is CC(C)(C)OC(=O)N1CCN(c2c([N+](=O)[O-])cnc3cc(Br)c(Cl)cc23)CC1.CO. The van der Waals surface area contributed by atoms with Crippen LogP contribution in [0, 0.1) is 10.1 Å². The highest BCUT2D eigenvalue weighted by Gasteiger charge is 2.30. The molecule has 0 unspecified atom stereocenters. The summed E-state index contributed by atoms with van der Waals surface area (Å²) in [6.45, 7) is 7.13. The zero-order valence-electron chi connectivity index (χ0n) is 17.2. The molecule has 0 bridgehead atoms. The third kappa shape index (κ3) is 5.50. The van der Waals surface area contributed by atoms with Crippen molar-refractivity contribution < 1.29 is 19.6 Å². The van der Waals surface area contributed by atoms with Gasteiger partial charge < -0.3 is 19.6 Å². The van der Waals surface area contributed by atoms with Crippen molar-refractivity contribution in [3.63, 3.8) is 0 Å². The van der Waals surface area contributed by atoms with Gasteiger partial charge in [0.2, 0.25) is 0 Å². The molecule has 1 fully saturated rings. The van der Waals surface area contributed by atoms with Crippen LogP contribution >= 0.6 is 27.5 Å². The molecule has 30 heavy (non-hydrogen) atoms. The number of pyridine rings is 1. The van der Waals surface area contributed by atoms with Crippen LogP contribution in [0.3, 0.4) is 0 Å². The summed E-state index contributed by atoms with van der Waals surface area (Å²) in [5.41, 5.74) is 0.412. The van der Waals surface area contributed by atoms with Gasteiger partial charge in [0.15, 0.2) is 0 Å². The fourth-order valence-corrected chi connectivity index (χ4v) is 3.56. The smallest absolute Gasteiger partial charge is 0.410 e. The number of fused-ring (bicyclic) bond motifs is 1. The Morgan fingerprint density at radius 3 is 2.40 bits per heavy atom. The molecule has 164 valence electrons. The molecule has 3 rings (SSSR count). The molecule has 11 heteroatoms. The Balaban J connectivity index is 0.00000155. The molecular formula is C19H24BrClN4O5. The number of ether oxygens (including phenoxy) is 1. The van der Waals surface area contributed by atoms with Crippen molar-refractivity contribution in [2.45, 2.75) is 26.4 Å². The summed E-state index contributed by atoms with van der Waals surface area (Å²) in [4.78, 5) is 31.1. The minimum Gasteiger partial charge on any atom is -0.444 e. The van der Waals surface area contributed by atoms with Crippen molar-refractivity contribution in [1.82, 2.24) is 9.88 Å². The van der Waals surface area contributed by atoms with Crippen LogP contribution in [0.4, 0.5) is 16.2 Å². The van der Waals surface area contributed by atoms with Crippen molar-refractivity contribution in [3.8, 4) is 0 Å². The van der Waals surface area contributed by atoms with Crippen LogP contribution in [-0.4, -0.2) is 64.9 Å². The number of aliphatic hydroxyl groups is 1. The average molecular weight is 504 g/mol. The van der Waals surface area contributed by atoms with E-state index in [1.54, 1.807) is 17.0 Å². The highest BCUT2D eigenvalue weighted by Crippen LogP contribution is 2.38. The number of benzene rings is 1. The number of aliphatic hydroxyl groups excluding tert-OH is 1. The minimum absolute atomic E-state index is 0.0865. The van der Waals surface area contributed by atoms with Crippen LogP contribution in [0.1, 0.15) is 20.8 Å². The van der Waals surface area contributed by atoms with E-state index in [9.17, 15) is 14.9 Å². The first-order valence-corrected chi connectivity index (χ1v) is 10.3. The average Bonchev–Trinajstić information content (AvgIpc) is 2.68. The Morgan fingerprint density at radius 1 is 1.27 bits per heavy atom. The molecule has 1 aromatic heterocycles. The Hall–Kier alpha value is -2.17. The van der Waals surface area contributed by atoms with Crippen LogP contribution in [0.5, 0.6) is 0 Å². The monoisotopic (exact) mass is 502 g/mol. The predicted octanol–water partition coefficient (Wildman–Crippen LogP) is 4.22. The summed E-state index contributed by atoms with van der Waals surface area (Å²) in [7, 11) is 1.00. The van der Waals surface area contributed by atoms with Gasteiger partial charge in [-0.3, -0.25) is 10.1 Å². The van der Waals surface area contributed by atoms with Gasteiger partial charge in [-0.15, -0.1) is 0 Å². The van der Waals surface area contributed by atoms with Crippen molar-refractivity contribution in [2.24, 2.45) is 0 Å². The van der Waals surface area contributed by atoms with E-state index >= 15 is 0 Å². The maximum atomic E-state index is 12.3. The molecule has 0 aliphatic carbocycles. The number of anilines is 1. The number of hydrogen-bond acceptors (Lipinski definition) is 7. The lowest BCUT2D eigenvalue weighted by molar-refractivity contribution is -0.384. The molecule has 1 aliphatic heterocycles. The largest absolute Gasteiger partial charge is 0.444 e. The standard InChI is InChI=1S/C18H20BrClN4O4.CH4O/c1-18(2,3)28-17(25)23-6-4-22(5-7-23)16-11-8-13(20)12(19)9-14(11)21-10-15(16)24(26)27;1-2/h8-10H,4-7H2,1-3H3;2H,1H3. The molecule has 0 saturated carbocycles. The number of hydrogen-bond donors (Lipinski definition) is 1. The number of rotatable bonds is 2. The molecule has 2 heterocycles. The quantitative estimate of drug-likeness (QED) is 0.482. The topological polar surface area (TPSA) is 109 Å². The van der Waals surface area contributed by atoms with Crippen molar-refractivity contribution in [3.05, 3.63) is 37.9 Å². The second-order valence-electron chi connectivity index (χ2n) is 7.49. The molecule has 0 spiro atoms. The highest BCUT2D eigenvalue weighted by atomic mass is 79.9. The molecule has 1 aliphatic rings. The molecule has 9 nitrogen and oxygen atoms in total. The lowest BCUT2D eigenvalue weighted by atomic mass is 10.1. The Bertz CT molecular complexity index is 943. The minimum atomic E-state index is -0.571. The maximum absolute atomic E-state index is 12.3. The molecular weight excluding hydrogens is 480 g/mol. The molecule has 1 amide bonds. The van der Waals surface area contributed by atoms with Gasteiger partial charge in [0, 0.05) is 43.1 Å². The predicted molar refractivity (Wildman–Crippen MR) is 119 cm³/mol. The van der Waals surface area contributed by atoms with Gasteiger partial charge in [0.25, 0.3) is 0 Å². The van der Waals surface area contributed by atoms with Crippen LogP contribution in [0.2, 0.25) is 5.02 Å². The summed E-state index contributed by atoms with van der Waals surface area (Å²) >= 11 is 9.58. The molecule has 0 atom stereocenters. The first-order valence-electron chi connectivity index (χ1n) is 9.16. The van der Waals surface area contributed by atoms with Crippen LogP contribution < -0.4 is 4.90 Å². The second kappa shape index (κ2) is 9.76. The number of piperazine rings is 1. The van der Waals surface area contributed by atoms with E-state index in [0.29, 0.717) is 52.3 Å². The van der Waals surface area contributed by atoms with Crippen LogP contribution in [0.15, 0.2) is 22.8 Å². The van der Waals surface area contributed by atoms with Crippen molar-refractivity contribution in [1.29, 1.82) is 0 Å². The van der Waals surface area contributed by atoms with Crippen molar-refractivity contribution in [2.75, 3.05) is 38.2 Å². The molecule has 1 saturated heterocycles. The van der Waals surface area contributed by atoms with E-state index in [1.165, 1.54) is 6.20 Å². The van der Waals surface area contributed by atoms with Crippen LogP contribution in [0.25, 0.3) is 10.9 Å². The summed E-state index contributed by atoms with van der Waals surface area (Å²) in [6, 6.07) is 3.42. The lowest BCUT2D eigenvalue weighted by Crippen LogP contribution is -2.50. The van der Waals surface area contributed by atoms with E-state index in [-0.39, 0.29) is 11.8 Å². The third-order valence-electron chi connectivity index (χ3n) is 4.31. The normalized spacial score (nSPS) is 14.2. The summed E-state index contributed by atoms with van der Waals surface area (Å²) in [5.74, 6) is 0. The summed E-state index contributed by atoms with van der Waals surface area (Å²) in [6.07, 6.45) is 0.881.